The van der Waals surface area contributed by atoms with E-state index in [1.54, 1.807) is 14.2 Å². The van der Waals surface area contributed by atoms with E-state index in [0.29, 0.717) is 0 Å². The molecule has 1 heterocycles. The number of hydrogen-bond donors (Lipinski definition) is 1. The van der Waals surface area contributed by atoms with Gasteiger partial charge in [0.2, 0.25) is 0 Å². The van der Waals surface area contributed by atoms with Gasteiger partial charge in [0.25, 0.3) is 0 Å². The van der Waals surface area contributed by atoms with Gasteiger partial charge in [-0.15, -0.1) is 0 Å². The second-order valence-corrected chi connectivity index (χ2v) is 4.87. The quantitative estimate of drug-likeness (QED) is 0.848. The number of piperidine rings is 1. The van der Waals surface area contributed by atoms with Crippen molar-refractivity contribution >= 4 is 5.97 Å². The fraction of sp³-hybridized carbons (Fsp3) is 0.533. The number of methoxy groups -OCH3 is 3. The van der Waals surface area contributed by atoms with E-state index in [0.717, 1.165) is 36.6 Å². The second kappa shape index (κ2) is 6.61. The van der Waals surface area contributed by atoms with Crippen LogP contribution in [0.15, 0.2) is 18.2 Å². The van der Waals surface area contributed by atoms with Gasteiger partial charge in [-0.05, 0) is 30.7 Å². The van der Waals surface area contributed by atoms with E-state index in [9.17, 15) is 4.79 Å². The van der Waals surface area contributed by atoms with Crippen molar-refractivity contribution in [2.24, 2.45) is 5.92 Å². The normalized spacial score (nSPS) is 22.1. The highest BCUT2D eigenvalue weighted by Gasteiger charge is 2.33. The second-order valence-electron chi connectivity index (χ2n) is 4.87. The standard InChI is InChI=1S/C15H21NO4/c1-18-11-6-10(7-12(8-11)19-2)14-9-16-5-4-13(14)15(17)20-3/h6-8,13-14,16H,4-5,9H2,1-3H3/t13-,14-/m1/s1. The lowest BCUT2D eigenvalue weighted by molar-refractivity contribution is -0.147. The molecule has 1 fully saturated rings. The average Bonchev–Trinajstić information content (AvgIpc) is 2.53. The molecule has 2 rings (SSSR count). The Bertz CT molecular complexity index is 453. The highest BCUT2D eigenvalue weighted by atomic mass is 16.5. The number of carbonyl (C=O) groups is 1. The molecule has 1 aromatic carbocycles. The minimum Gasteiger partial charge on any atom is -0.497 e. The van der Waals surface area contributed by atoms with Crippen molar-refractivity contribution in [3.05, 3.63) is 23.8 Å². The molecule has 110 valence electrons. The fourth-order valence-corrected chi connectivity index (χ4v) is 2.69. The SMILES string of the molecule is COC(=O)[C@@H]1CCNC[C@@H]1c1cc(OC)cc(OC)c1. The molecule has 0 bridgehead atoms. The molecule has 1 aliphatic heterocycles. The molecule has 1 saturated heterocycles. The van der Waals surface area contributed by atoms with Gasteiger partial charge in [-0.3, -0.25) is 4.79 Å². The minimum absolute atomic E-state index is 0.0696. The Labute approximate surface area is 119 Å². The van der Waals surface area contributed by atoms with Crippen LogP contribution in [0.5, 0.6) is 11.5 Å². The molecule has 5 nitrogen and oxygen atoms in total. The average molecular weight is 279 g/mol. The van der Waals surface area contributed by atoms with Crippen LogP contribution in [-0.2, 0) is 9.53 Å². The Morgan fingerprint density at radius 2 is 1.80 bits per heavy atom. The largest absolute Gasteiger partial charge is 0.497 e. The van der Waals surface area contributed by atoms with Crippen molar-refractivity contribution in [1.82, 2.24) is 5.32 Å². The lowest BCUT2D eigenvalue weighted by Gasteiger charge is -2.31. The van der Waals surface area contributed by atoms with Crippen LogP contribution in [0.25, 0.3) is 0 Å². The Morgan fingerprint density at radius 3 is 2.35 bits per heavy atom. The van der Waals surface area contributed by atoms with E-state index in [1.807, 2.05) is 18.2 Å². The number of carbonyl (C=O) groups excluding carboxylic acids is 1. The number of nitrogens with one attached hydrogen (secondary N) is 1. The Hall–Kier alpha value is -1.75. The summed E-state index contributed by atoms with van der Waals surface area (Å²) in [4.78, 5) is 11.9. The molecule has 1 aliphatic rings. The van der Waals surface area contributed by atoms with Gasteiger partial charge >= 0.3 is 5.97 Å². The van der Waals surface area contributed by atoms with E-state index in [2.05, 4.69) is 5.32 Å². The van der Waals surface area contributed by atoms with Crippen LogP contribution in [0.1, 0.15) is 17.9 Å². The number of ether oxygens (including phenoxy) is 3. The first-order valence-electron chi connectivity index (χ1n) is 6.71. The van der Waals surface area contributed by atoms with Gasteiger partial charge in [-0.1, -0.05) is 0 Å². The molecule has 0 unspecified atom stereocenters. The van der Waals surface area contributed by atoms with E-state index >= 15 is 0 Å². The molecular weight excluding hydrogens is 258 g/mol. The van der Waals surface area contributed by atoms with Crippen molar-refractivity contribution in [3.63, 3.8) is 0 Å². The monoisotopic (exact) mass is 279 g/mol. The summed E-state index contributed by atoms with van der Waals surface area (Å²) in [6.07, 6.45) is 0.775. The summed E-state index contributed by atoms with van der Waals surface area (Å²) in [6.45, 7) is 1.58. The van der Waals surface area contributed by atoms with Crippen molar-refractivity contribution in [2.45, 2.75) is 12.3 Å². The number of rotatable bonds is 4. The molecule has 5 heteroatoms. The van der Waals surface area contributed by atoms with E-state index in [1.165, 1.54) is 7.11 Å². The molecule has 0 radical (unpaired) electrons. The Balaban J connectivity index is 2.33. The molecule has 20 heavy (non-hydrogen) atoms. The highest BCUT2D eigenvalue weighted by molar-refractivity contribution is 5.74. The maximum atomic E-state index is 11.9. The highest BCUT2D eigenvalue weighted by Crippen LogP contribution is 2.34. The predicted octanol–water partition coefficient (Wildman–Crippen LogP) is 1.57. The van der Waals surface area contributed by atoms with Gasteiger partial charge in [0.1, 0.15) is 11.5 Å². The first kappa shape index (κ1) is 14.7. The van der Waals surface area contributed by atoms with Gasteiger partial charge in [0, 0.05) is 18.5 Å². The first-order valence-corrected chi connectivity index (χ1v) is 6.71. The van der Waals surface area contributed by atoms with Crippen LogP contribution >= 0.6 is 0 Å². The predicted molar refractivity (Wildman–Crippen MR) is 75.3 cm³/mol. The maximum absolute atomic E-state index is 11.9. The van der Waals surface area contributed by atoms with Gasteiger partial charge < -0.3 is 19.5 Å². The number of hydrogen-bond acceptors (Lipinski definition) is 5. The van der Waals surface area contributed by atoms with Crippen LogP contribution in [0.2, 0.25) is 0 Å². The smallest absolute Gasteiger partial charge is 0.309 e. The molecule has 0 amide bonds. The van der Waals surface area contributed by atoms with Crippen LogP contribution in [0, 0.1) is 5.92 Å². The maximum Gasteiger partial charge on any atom is 0.309 e. The van der Waals surface area contributed by atoms with Crippen molar-refractivity contribution < 1.29 is 19.0 Å². The first-order chi connectivity index (χ1) is 9.69. The molecule has 0 saturated carbocycles. The summed E-state index contributed by atoms with van der Waals surface area (Å²) in [5, 5.41) is 3.33. The summed E-state index contributed by atoms with van der Waals surface area (Å²) in [5.74, 6) is 1.25. The van der Waals surface area contributed by atoms with Gasteiger partial charge in [-0.25, -0.2) is 0 Å². The lowest BCUT2D eigenvalue weighted by atomic mass is 9.81. The van der Waals surface area contributed by atoms with Crippen molar-refractivity contribution in [3.8, 4) is 11.5 Å². The summed E-state index contributed by atoms with van der Waals surface area (Å²) in [5.41, 5.74) is 1.03. The third-order valence-corrected chi connectivity index (χ3v) is 3.79. The fourth-order valence-electron chi connectivity index (χ4n) is 2.69. The van der Waals surface area contributed by atoms with Crippen LogP contribution < -0.4 is 14.8 Å². The lowest BCUT2D eigenvalue weighted by Crippen LogP contribution is -2.39. The molecular formula is C15H21NO4. The third kappa shape index (κ3) is 3.04. The van der Waals surface area contributed by atoms with Gasteiger partial charge in [0.15, 0.2) is 0 Å². The summed E-state index contributed by atoms with van der Waals surface area (Å²) in [7, 11) is 4.68. The summed E-state index contributed by atoms with van der Waals surface area (Å²) < 4.78 is 15.5. The molecule has 1 N–H and O–H groups in total. The zero-order chi connectivity index (χ0) is 14.5. The van der Waals surface area contributed by atoms with Crippen molar-refractivity contribution in [1.29, 1.82) is 0 Å². The number of benzene rings is 1. The minimum atomic E-state index is -0.154. The third-order valence-electron chi connectivity index (χ3n) is 3.79. The van der Waals surface area contributed by atoms with Crippen LogP contribution in [-0.4, -0.2) is 40.4 Å². The van der Waals surface area contributed by atoms with Crippen LogP contribution in [0.3, 0.4) is 0 Å². The molecule has 2 atom stereocenters. The van der Waals surface area contributed by atoms with Crippen LogP contribution in [0.4, 0.5) is 0 Å². The molecule has 0 aliphatic carbocycles. The Morgan fingerprint density at radius 1 is 1.15 bits per heavy atom. The van der Waals surface area contributed by atoms with Crippen molar-refractivity contribution in [2.75, 3.05) is 34.4 Å². The van der Waals surface area contributed by atoms with E-state index < -0.39 is 0 Å². The molecule has 0 spiro atoms. The van der Waals surface area contributed by atoms with E-state index in [4.69, 9.17) is 14.2 Å². The zero-order valence-electron chi connectivity index (χ0n) is 12.1. The topological polar surface area (TPSA) is 56.8 Å². The summed E-state index contributed by atoms with van der Waals surface area (Å²) >= 11 is 0. The number of esters is 1. The van der Waals surface area contributed by atoms with Gasteiger partial charge in [0.05, 0.1) is 27.2 Å². The van der Waals surface area contributed by atoms with E-state index in [-0.39, 0.29) is 17.8 Å². The molecule has 1 aromatic rings. The molecule has 0 aromatic heterocycles. The van der Waals surface area contributed by atoms with Gasteiger partial charge in [-0.2, -0.15) is 0 Å². The summed E-state index contributed by atoms with van der Waals surface area (Å²) in [6, 6.07) is 5.74. The Kier molecular flexibility index (Phi) is 4.84. The zero-order valence-corrected chi connectivity index (χ0v) is 12.1.